The summed E-state index contributed by atoms with van der Waals surface area (Å²) in [6, 6.07) is 9.33. The smallest absolute Gasteiger partial charge is 0.212 e. The standard InChI is InChI=1S/C20H20ClN7O2S/c1-3-27(4-2)9-10-28-19(24)18(31(29,30)14-7-5-13(21)6-8-14)17-20(28)26-16(12-23)15(11-22)25-17/h5-8H,3-4,9-10,24H2,1-2H3/p+1. The van der Waals surface area contributed by atoms with Gasteiger partial charge in [-0.2, -0.15) is 10.5 Å². The Hall–Kier alpha value is -3.18. The highest BCUT2D eigenvalue weighted by atomic mass is 35.5. The molecule has 0 saturated heterocycles. The largest absolute Gasteiger partial charge is 0.384 e. The molecule has 11 heteroatoms. The van der Waals surface area contributed by atoms with Gasteiger partial charge in [0.15, 0.2) is 17.0 Å². The van der Waals surface area contributed by atoms with Crippen LogP contribution in [-0.4, -0.2) is 42.6 Å². The van der Waals surface area contributed by atoms with Gasteiger partial charge in [-0.25, -0.2) is 18.4 Å². The normalized spacial score (nSPS) is 11.5. The number of nitriles is 2. The van der Waals surface area contributed by atoms with Crippen LogP contribution in [0.3, 0.4) is 0 Å². The topological polar surface area (TPSA) is 143 Å². The Labute approximate surface area is 185 Å². The van der Waals surface area contributed by atoms with Gasteiger partial charge in [-0.05, 0) is 38.1 Å². The van der Waals surface area contributed by atoms with E-state index in [2.05, 4.69) is 23.8 Å². The van der Waals surface area contributed by atoms with E-state index < -0.39 is 9.84 Å². The second-order valence-corrected chi connectivity index (χ2v) is 9.17. The summed E-state index contributed by atoms with van der Waals surface area (Å²) >= 11 is 5.89. The number of nitrogens with zero attached hydrogens (tertiary/aromatic N) is 5. The average Bonchev–Trinajstić information content (AvgIpc) is 3.04. The van der Waals surface area contributed by atoms with Crippen LogP contribution < -0.4 is 10.6 Å². The number of anilines is 1. The van der Waals surface area contributed by atoms with Crippen LogP contribution in [0.1, 0.15) is 25.2 Å². The molecule has 0 amide bonds. The lowest BCUT2D eigenvalue weighted by atomic mass is 10.3. The van der Waals surface area contributed by atoms with Crippen molar-refractivity contribution >= 4 is 38.4 Å². The fourth-order valence-corrected chi connectivity index (χ4v) is 5.01. The van der Waals surface area contributed by atoms with E-state index >= 15 is 0 Å². The van der Waals surface area contributed by atoms with Gasteiger partial charge < -0.3 is 15.2 Å². The predicted octanol–water partition coefficient (Wildman–Crippen LogP) is 1.17. The Bertz CT molecular complexity index is 1320. The number of fused-ring (bicyclic) bond motifs is 1. The van der Waals surface area contributed by atoms with Crippen LogP contribution in [0.25, 0.3) is 11.2 Å². The first-order valence-corrected chi connectivity index (χ1v) is 11.5. The summed E-state index contributed by atoms with van der Waals surface area (Å²) < 4.78 is 28.4. The zero-order chi connectivity index (χ0) is 22.8. The van der Waals surface area contributed by atoms with Gasteiger partial charge in [0.05, 0.1) is 31.1 Å². The third kappa shape index (κ3) is 4.06. The van der Waals surface area contributed by atoms with Crippen molar-refractivity contribution in [1.29, 1.82) is 10.5 Å². The molecule has 0 aliphatic carbocycles. The third-order valence-corrected chi connectivity index (χ3v) is 7.25. The van der Waals surface area contributed by atoms with E-state index in [9.17, 15) is 18.9 Å². The number of hydrogen-bond donors (Lipinski definition) is 2. The monoisotopic (exact) mass is 458 g/mol. The molecule has 1 aromatic carbocycles. The molecule has 0 fully saturated rings. The maximum absolute atomic E-state index is 13.4. The molecular weight excluding hydrogens is 438 g/mol. The molecule has 9 nitrogen and oxygen atoms in total. The van der Waals surface area contributed by atoms with Crippen molar-refractivity contribution in [2.45, 2.75) is 30.2 Å². The number of likely N-dealkylation sites (N-methyl/N-ethyl adjacent to an activating group) is 1. The minimum atomic E-state index is -4.09. The molecule has 0 unspecified atom stereocenters. The van der Waals surface area contributed by atoms with E-state index in [1.54, 1.807) is 10.6 Å². The zero-order valence-corrected chi connectivity index (χ0v) is 18.6. The molecule has 0 bridgehead atoms. The van der Waals surface area contributed by atoms with Gasteiger partial charge >= 0.3 is 0 Å². The van der Waals surface area contributed by atoms with Gasteiger partial charge in [0.2, 0.25) is 9.84 Å². The highest BCUT2D eigenvalue weighted by Crippen LogP contribution is 2.35. The summed E-state index contributed by atoms with van der Waals surface area (Å²) in [5, 5.41) is 19.1. The lowest BCUT2D eigenvalue weighted by Crippen LogP contribution is -3.11. The summed E-state index contributed by atoms with van der Waals surface area (Å²) in [5.41, 5.74) is 6.02. The number of sulfone groups is 1. The van der Waals surface area contributed by atoms with Crippen LogP contribution >= 0.6 is 11.6 Å². The summed E-state index contributed by atoms with van der Waals surface area (Å²) in [4.78, 5) is 9.44. The summed E-state index contributed by atoms with van der Waals surface area (Å²) in [6.45, 7) is 6.93. The molecule has 3 rings (SSSR count). The number of rotatable bonds is 7. The average molecular weight is 459 g/mol. The Kier molecular flexibility index (Phi) is 6.46. The molecular formula is C20H21ClN7O2S+. The quantitative estimate of drug-likeness (QED) is 0.540. The van der Waals surface area contributed by atoms with E-state index in [1.165, 1.54) is 29.2 Å². The molecule has 0 spiro atoms. The number of nitrogens with two attached hydrogens (primary N) is 1. The van der Waals surface area contributed by atoms with Gasteiger partial charge in [-0.15, -0.1) is 0 Å². The molecule has 2 aromatic heterocycles. The highest BCUT2D eigenvalue weighted by Gasteiger charge is 2.31. The summed E-state index contributed by atoms with van der Waals surface area (Å²) in [6.07, 6.45) is 0. The van der Waals surface area contributed by atoms with E-state index in [4.69, 9.17) is 17.3 Å². The van der Waals surface area contributed by atoms with E-state index in [0.717, 1.165) is 13.1 Å². The van der Waals surface area contributed by atoms with Crippen molar-refractivity contribution < 1.29 is 13.3 Å². The zero-order valence-electron chi connectivity index (χ0n) is 17.1. The Balaban J connectivity index is 2.30. The van der Waals surface area contributed by atoms with Gasteiger partial charge in [-0.3, -0.25) is 0 Å². The van der Waals surface area contributed by atoms with Gasteiger partial charge in [0.25, 0.3) is 0 Å². The SMILES string of the molecule is CC[NH+](CC)CCn1c(N)c(S(=O)(=O)c2ccc(Cl)cc2)c2nc(C#N)c(C#N)nc21. The number of quaternary nitrogens is 1. The van der Waals surface area contributed by atoms with E-state index in [1.807, 2.05) is 6.07 Å². The minimum Gasteiger partial charge on any atom is -0.384 e. The van der Waals surface area contributed by atoms with Crippen molar-refractivity contribution in [3.63, 3.8) is 0 Å². The first kappa shape index (κ1) is 22.5. The molecule has 0 aliphatic heterocycles. The fourth-order valence-electron chi connectivity index (χ4n) is 3.38. The van der Waals surface area contributed by atoms with Gasteiger partial charge in [0, 0.05) is 5.02 Å². The molecule has 160 valence electrons. The number of halogens is 1. The lowest BCUT2D eigenvalue weighted by molar-refractivity contribution is -0.897. The van der Waals surface area contributed by atoms with Crippen molar-refractivity contribution in [3.8, 4) is 12.1 Å². The van der Waals surface area contributed by atoms with Crippen LogP contribution in [0.5, 0.6) is 0 Å². The van der Waals surface area contributed by atoms with Crippen molar-refractivity contribution in [1.82, 2.24) is 14.5 Å². The van der Waals surface area contributed by atoms with E-state index in [-0.39, 0.29) is 38.2 Å². The Morgan fingerprint density at radius 3 is 2.23 bits per heavy atom. The second-order valence-electron chi connectivity index (χ2n) is 6.85. The van der Waals surface area contributed by atoms with Gasteiger partial charge in [0.1, 0.15) is 28.4 Å². The van der Waals surface area contributed by atoms with Crippen LogP contribution in [-0.2, 0) is 16.4 Å². The van der Waals surface area contributed by atoms with Crippen molar-refractivity contribution in [2.24, 2.45) is 0 Å². The van der Waals surface area contributed by atoms with E-state index in [0.29, 0.717) is 18.1 Å². The molecule has 3 N–H and O–H groups in total. The Morgan fingerprint density at radius 1 is 1.10 bits per heavy atom. The molecule has 0 atom stereocenters. The number of nitrogen functional groups attached to an aromatic ring is 1. The van der Waals surface area contributed by atoms with Crippen molar-refractivity contribution in [3.05, 3.63) is 40.7 Å². The molecule has 0 aliphatic rings. The predicted molar refractivity (Wildman–Crippen MR) is 115 cm³/mol. The number of hydrogen-bond acceptors (Lipinski definition) is 7. The maximum atomic E-state index is 13.4. The van der Waals surface area contributed by atoms with Crippen LogP contribution in [0.2, 0.25) is 5.02 Å². The van der Waals surface area contributed by atoms with Crippen LogP contribution in [0.15, 0.2) is 34.1 Å². The first-order valence-electron chi connectivity index (χ1n) is 9.62. The molecule has 3 aromatic rings. The number of benzene rings is 1. The number of aromatic nitrogens is 3. The molecule has 0 radical (unpaired) electrons. The lowest BCUT2D eigenvalue weighted by Gasteiger charge is -2.16. The molecule has 2 heterocycles. The minimum absolute atomic E-state index is 0.0123. The second kappa shape index (κ2) is 8.90. The van der Waals surface area contributed by atoms with Crippen LogP contribution in [0.4, 0.5) is 5.82 Å². The molecule has 31 heavy (non-hydrogen) atoms. The van der Waals surface area contributed by atoms with Crippen molar-refractivity contribution in [2.75, 3.05) is 25.4 Å². The first-order chi connectivity index (χ1) is 14.8. The maximum Gasteiger partial charge on any atom is 0.212 e. The fraction of sp³-hybridized carbons (Fsp3) is 0.300. The van der Waals surface area contributed by atoms with Gasteiger partial charge in [-0.1, -0.05) is 11.6 Å². The third-order valence-electron chi connectivity index (χ3n) is 5.17. The number of nitrogens with one attached hydrogen (secondary N) is 1. The molecule has 0 saturated carbocycles. The summed E-state index contributed by atoms with van der Waals surface area (Å²) in [5.74, 6) is -0.0320. The summed E-state index contributed by atoms with van der Waals surface area (Å²) in [7, 11) is -4.09. The van der Waals surface area contributed by atoms with Crippen LogP contribution in [0, 0.1) is 22.7 Å². The Morgan fingerprint density at radius 2 is 1.68 bits per heavy atom. The highest BCUT2D eigenvalue weighted by molar-refractivity contribution is 7.92.